The van der Waals surface area contributed by atoms with Gasteiger partial charge in [0.2, 0.25) is 0 Å². The first-order valence-electron chi connectivity index (χ1n) is 3.93. The molecule has 0 aromatic carbocycles. The van der Waals surface area contributed by atoms with Gasteiger partial charge in [0.05, 0.1) is 0 Å². The summed E-state index contributed by atoms with van der Waals surface area (Å²) < 4.78 is 0. The molecule has 60 valence electrons. The fraction of sp³-hybridized carbons (Fsp3) is 1.00. The lowest BCUT2D eigenvalue weighted by Crippen LogP contribution is -2.35. The Morgan fingerprint density at radius 2 is 1.90 bits per heavy atom. The van der Waals surface area contributed by atoms with E-state index in [4.69, 9.17) is 0 Å². The largest absolute Gasteiger partial charge is 0.248 e. The predicted octanol–water partition coefficient (Wildman–Crippen LogP) is 1.19. The summed E-state index contributed by atoms with van der Waals surface area (Å²) >= 11 is 0. The smallest absolute Gasteiger partial charge is 0.0184 e. The maximum absolute atomic E-state index is 2.39. The molecule has 0 bridgehead atoms. The fourth-order valence-corrected chi connectivity index (χ4v) is 1.43. The van der Waals surface area contributed by atoms with Crippen LogP contribution < -0.4 is 0 Å². The topological polar surface area (TPSA) is 6.48 Å². The van der Waals surface area contributed by atoms with Crippen molar-refractivity contribution < 1.29 is 0 Å². The van der Waals surface area contributed by atoms with Gasteiger partial charge < -0.3 is 0 Å². The molecule has 0 amide bonds. The zero-order chi connectivity index (χ0) is 7.78. The van der Waals surface area contributed by atoms with E-state index in [1.165, 1.54) is 19.5 Å². The molecule has 0 aromatic rings. The molecule has 2 heteroatoms. The van der Waals surface area contributed by atoms with Gasteiger partial charge in [-0.1, -0.05) is 13.8 Å². The van der Waals surface area contributed by atoms with E-state index in [2.05, 4.69) is 38.0 Å². The summed E-state index contributed by atoms with van der Waals surface area (Å²) in [5.74, 6) is 0. The van der Waals surface area contributed by atoms with Crippen LogP contribution in [0, 0.1) is 5.41 Å². The van der Waals surface area contributed by atoms with Crippen LogP contribution in [-0.2, 0) is 0 Å². The third-order valence-electron chi connectivity index (χ3n) is 2.22. The minimum atomic E-state index is 0.532. The van der Waals surface area contributed by atoms with E-state index in [1.807, 2.05) is 0 Å². The highest BCUT2D eigenvalue weighted by Gasteiger charge is 2.29. The van der Waals surface area contributed by atoms with Crippen molar-refractivity contribution >= 4 is 0 Å². The molecule has 0 N–H and O–H groups in total. The highest BCUT2D eigenvalue weighted by atomic mass is 15.6. The summed E-state index contributed by atoms with van der Waals surface area (Å²) in [6.07, 6.45) is 1.32. The first-order chi connectivity index (χ1) is 4.51. The SMILES string of the molecule is CN(C)N1CCC(C)(C)C1. The van der Waals surface area contributed by atoms with E-state index in [9.17, 15) is 0 Å². The maximum Gasteiger partial charge on any atom is 0.0184 e. The summed E-state index contributed by atoms with van der Waals surface area (Å²) in [4.78, 5) is 0. The van der Waals surface area contributed by atoms with E-state index < -0.39 is 0 Å². The number of hydrogen-bond acceptors (Lipinski definition) is 2. The molecule has 2 nitrogen and oxygen atoms in total. The standard InChI is InChI=1S/C8H18N2/c1-8(2)5-6-10(7-8)9(3)4/h5-7H2,1-4H3. The van der Waals surface area contributed by atoms with Gasteiger partial charge in [0, 0.05) is 27.2 Å². The van der Waals surface area contributed by atoms with Gasteiger partial charge in [-0.15, -0.1) is 0 Å². The first-order valence-corrected chi connectivity index (χ1v) is 3.93. The molecule has 0 unspecified atom stereocenters. The van der Waals surface area contributed by atoms with Crippen molar-refractivity contribution in [2.24, 2.45) is 5.41 Å². The molecule has 1 aliphatic heterocycles. The lowest BCUT2D eigenvalue weighted by molar-refractivity contribution is 0.0428. The van der Waals surface area contributed by atoms with Crippen molar-refractivity contribution in [2.45, 2.75) is 20.3 Å². The molecule has 0 spiro atoms. The molecule has 1 fully saturated rings. The second-order valence-corrected chi connectivity index (χ2v) is 4.15. The molecule has 0 atom stereocenters. The van der Waals surface area contributed by atoms with Gasteiger partial charge in [-0.2, -0.15) is 0 Å². The van der Waals surface area contributed by atoms with E-state index in [-0.39, 0.29) is 0 Å². The molecule has 1 saturated heterocycles. The molecule has 0 aromatic heterocycles. The Balaban J connectivity index is 2.43. The van der Waals surface area contributed by atoms with Crippen molar-refractivity contribution in [1.29, 1.82) is 0 Å². The summed E-state index contributed by atoms with van der Waals surface area (Å²) in [5.41, 5.74) is 0.532. The Bertz CT molecular complexity index is 118. The number of hydrogen-bond donors (Lipinski definition) is 0. The second kappa shape index (κ2) is 2.51. The van der Waals surface area contributed by atoms with Gasteiger partial charge in [0.15, 0.2) is 0 Å². The van der Waals surface area contributed by atoms with Crippen LogP contribution >= 0.6 is 0 Å². The van der Waals surface area contributed by atoms with E-state index in [0.717, 1.165) is 0 Å². The molecule has 0 saturated carbocycles. The molecular weight excluding hydrogens is 124 g/mol. The van der Waals surface area contributed by atoms with Crippen LogP contribution in [0.4, 0.5) is 0 Å². The van der Waals surface area contributed by atoms with Gasteiger partial charge in [0.1, 0.15) is 0 Å². The van der Waals surface area contributed by atoms with Crippen molar-refractivity contribution in [3.05, 3.63) is 0 Å². The Hall–Kier alpha value is -0.0800. The van der Waals surface area contributed by atoms with Gasteiger partial charge in [-0.25, -0.2) is 10.0 Å². The quantitative estimate of drug-likeness (QED) is 0.542. The third-order valence-corrected chi connectivity index (χ3v) is 2.22. The highest BCUT2D eigenvalue weighted by molar-refractivity contribution is 4.80. The average molecular weight is 142 g/mol. The van der Waals surface area contributed by atoms with Crippen molar-refractivity contribution in [3.8, 4) is 0 Å². The summed E-state index contributed by atoms with van der Waals surface area (Å²) in [7, 11) is 4.22. The number of nitrogens with zero attached hydrogens (tertiary/aromatic N) is 2. The molecule has 0 radical (unpaired) electrons. The van der Waals surface area contributed by atoms with E-state index >= 15 is 0 Å². The van der Waals surface area contributed by atoms with Gasteiger partial charge in [-0.05, 0) is 11.8 Å². The number of rotatable bonds is 1. The van der Waals surface area contributed by atoms with Crippen LogP contribution in [0.3, 0.4) is 0 Å². The molecular formula is C8H18N2. The molecule has 1 rings (SSSR count). The van der Waals surface area contributed by atoms with Crippen molar-refractivity contribution in [3.63, 3.8) is 0 Å². The monoisotopic (exact) mass is 142 g/mol. The maximum atomic E-state index is 2.39. The zero-order valence-electron chi connectivity index (χ0n) is 7.52. The normalized spacial score (nSPS) is 26.1. The molecule has 1 heterocycles. The molecule has 10 heavy (non-hydrogen) atoms. The summed E-state index contributed by atoms with van der Waals surface area (Å²) in [6, 6.07) is 0. The van der Waals surface area contributed by atoms with Gasteiger partial charge in [0.25, 0.3) is 0 Å². The Labute approximate surface area is 63.8 Å². The average Bonchev–Trinajstić information content (AvgIpc) is 2.10. The van der Waals surface area contributed by atoms with Crippen LogP contribution in [-0.4, -0.2) is 37.2 Å². The van der Waals surface area contributed by atoms with Gasteiger partial charge in [-0.3, -0.25) is 0 Å². The Kier molecular flexibility index (Phi) is 2.02. The van der Waals surface area contributed by atoms with Crippen molar-refractivity contribution in [1.82, 2.24) is 10.0 Å². The number of hydrazine groups is 1. The summed E-state index contributed by atoms with van der Waals surface area (Å²) in [5, 5.41) is 4.58. The van der Waals surface area contributed by atoms with Crippen LogP contribution in [0.25, 0.3) is 0 Å². The minimum absolute atomic E-state index is 0.532. The van der Waals surface area contributed by atoms with Crippen molar-refractivity contribution in [2.75, 3.05) is 27.2 Å². The Morgan fingerprint density at radius 1 is 1.30 bits per heavy atom. The lowest BCUT2D eigenvalue weighted by atomic mass is 9.93. The Morgan fingerprint density at radius 3 is 2.10 bits per heavy atom. The zero-order valence-corrected chi connectivity index (χ0v) is 7.52. The fourth-order valence-electron chi connectivity index (χ4n) is 1.43. The summed E-state index contributed by atoms with van der Waals surface area (Å²) in [6.45, 7) is 7.09. The minimum Gasteiger partial charge on any atom is -0.248 e. The van der Waals surface area contributed by atoms with E-state index in [1.54, 1.807) is 0 Å². The van der Waals surface area contributed by atoms with Crippen LogP contribution in [0.15, 0.2) is 0 Å². The third kappa shape index (κ3) is 1.70. The van der Waals surface area contributed by atoms with Crippen LogP contribution in [0.5, 0.6) is 0 Å². The first kappa shape index (κ1) is 8.02. The highest BCUT2D eigenvalue weighted by Crippen LogP contribution is 2.28. The van der Waals surface area contributed by atoms with Crippen LogP contribution in [0.2, 0.25) is 0 Å². The molecule has 1 aliphatic rings. The van der Waals surface area contributed by atoms with Crippen LogP contribution in [0.1, 0.15) is 20.3 Å². The molecule has 0 aliphatic carbocycles. The lowest BCUT2D eigenvalue weighted by Gasteiger charge is -2.25. The van der Waals surface area contributed by atoms with E-state index in [0.29, 0.717) is 5.41 Å². The van der Waals surface area contributed by atoms with Gasteiger partial charge >= 0.3 is 0 Å². The second-order valence-electron chi connectivity index (χ2n) is 4.15. The predicted molar refractivity (Wildman–Crippen MR) is 43.7 cm³/mol.